The van der Waals surface area contributed by atoms with Gasteiger partial charge >= 0.3 is 5.97 Å². The Labute approximate surface area is 136 Å². The summed E-state index contributed by atoms with van der Waals surface area (Å²) in [5, 5.41) is 7.21. The molecule has 1 rings (SSSR count). The van der Waals surface area contributed by atoms with Crippen molar-refractivity contribution in [1.29, 1.82) is 0 Å². The van der Waals surface area contributed by atoms with Crippen molar-refractivity contribution in [2.24, 2.45) is 0 Å². The quantitative estimate of drug-likeness (QED) is 0.814. The lowest BCUT2D eigenvalue weighted by atomic mass is 10.1. The van der Waals surface area contributed by atoms with Crippen molar-refractivity contribution in [2.75, 3.05) is 6.61 Å². The predicted octanol–water partition coefficient (Wildman–Crippen LogP) is 2.72. The van der Waals surface area contributed by atoms with Crippen LogP contribution in [0.15, 0.2) is 0 Å². The second-order valence-corrected chi connectivity index (χ2v) is 6.56. The molecular weight excluding hydrogens is 306 g/mol. The molecule has 0 saturated heterocycles. The first-order valence-corrected chi connectivity index (χ1v) is 7.74. The van der Waals surface area contributed by atoms with Crippen LogP contribution >= 0.6 is 11.6 Å². The first kappa shape index (κ1) is 18.5. The number of carbonyl (C=O) groups is 2. The van der Waals surface area contributed by atoms with Gasteiger partial charge in [0.2, 0.25) is 0 Å². The molecule has 1 amide bonds. The fraction of sp³-hybridized carbons (Fsp3) is 0.667. The van der Waals surface area contributed by atoms with Crippen LogP contribution in [0.25, 0.3) is 0 Å². The topological polar surface area (TPSA) is 73.2 Å². The van der Waals surface area contributed by atoms with E-state index in [1.165, 1.54) is 0 Å². The molecule has 1 aromatic rings. The monoisotopic (exact) mass is 329 g/mol. The average molecular weight is 330 g/mol. The lowest BCUT2D eigenvalue weighted by molar-refractivity contribution is -0.125. The van der Waals surface area contributed by atoms with Crippen molar-refractivity contribution in [3.63, 3.8) is 0 Å². The maximum absolute atomic E-state index is 12.1. The van der Waals surface area contributed by atoms with Crippen LogP contribution in [0.2, 0.25) is 5.15 Å². The van der Waals surface area contributed by atoms with Crippen LogP contribution in [0.1, 0.15) is 56.6 Å². The van der Waals surface area contributed by atoms with Crippen molar-refractivity contribution in [2.45, 2.75) is 59.5 Å². The number of aryl methyl sites for hydroxylation is 2. The first-order chi connectivity index (χ1) is 10.2. The molecule has 1 heterocycles. The highest BCUT2D eigenvalue weighted by Crippen LogP contribution is 2.21. The fourth-order valence-corrected chi connectivity index (χ4v) is 2.24. The first-order valence-electron chi connectivity index (χ1n) is 7.36. The molecule has 0 unspecified atom stereocenters. The summed E-state index contributed by atoms with van der Waals surface area (Å²) in [6.45, 7) is 9.62. The smallest absolute Gasteiger partial charge is 0.343 e. The van der Waals surface area contributed by atoms with Crippen LogP contribution in [0.3, 0.4) is 0 Å². The summed E-state index contributed by atoms with van der Waals surface area (Å²) < 4.78 is 6.62. The molecule has 7 heteroatoms. The number of ether oxygens (including phenoxy) is 1. The summed E-state index contributed by atoms with van der Waals surface area (Å²) in [5.74, 6) is -0.984. The van der Waals surface area contributed by atoms with Gasteiger partial charge in [0.05, 0.1) is 5.69 Å². The summed E-state index contributed by atoms with van der Waals surface area (Å²) in [4.78, 5) is 23.8. The van der Waals surface area contributed by atoms with E-state index in [0.717, 1.165) is 12.8 Å². The second kappa shape index (κ2) is 7.63. The third-order valence-corrected chi connectivity index (χ3v) is 3.23. The van der Waals surface area contributed by atoms with E-state index in [4.69, 9.17) is 16.3 Å². The van der Waals surface area contributed by atoms with Crippen LogP contribution in [0.5, 0.6) is 0 Å². The van der Waals surface area contributed by atoms with E-state index in [0.29, 0.717) is 12.2 Å². The van der Waals surface area contributed by atoms with Gasteiger partial charge in [-0.05, 0) is 34.1 Å². The Kier molecular flexibility index (Phi) is 6.41. The van der Waals surface area contributed by atoms with Gasteiger partial charge < -0.3 is 10.1 Å². The maximum Gasteiger partial charge on any atom is 0.343 e. The van der Waals surface area contributed by atoms with E-state index in [-0.39, 0.29) is 28.8 Å². The number of nitrogens with one attached hydrogen (secondary N) is 1. The standard InChI is InChI=1S/C15H24ClN3O3/c1-6-7-8-19-13(16)12(10(2)18-19)14(21)22-9-11(20)17-15(3,4)5/h6-9H2,1-5H3,(H,17,20). The number of carbonyl (C=O) groups excluding carboxylic acids is 2. The molecule has 0 aromatic carbocycles. The SMILES string of the molecule is CCCCn1nc(C)c(C(=O)OCC(=O)NC(C)(C)C)c1Cl. The zero-order chi connectivity index (χ0) is 16.9. The van der Waals surface area contributed by atoms with Crippen molar-refractivity contribution in [3.05, 3.63) is 16.4 Å². The van der Waals surface area contributed by atoms with Gasteiger partial charge in [-0.3, -0.25) is 9.48 Å². The minimum absolute atomic E-state index is 0.223. The van der Waals surface area contributed by atoms with Gasteiger partial charge in [0.1, 0.15) is 10.7 Å². The molecule has 0 aliphatic heterocycles. The van der Waals surface area contributed by atoms with Gasteiger partial charge in [0.15, 0.2) is 6.61 Å². The number of hydrogen-bond donors (Lipinski definition) is 1. The summed E-state index contributed by atoms with van der Waals surface area (Å²) in [7, 11) is 0. The number of halogens is 1. The Morgan fingerprint density at radius 3 is 2.55 bits per heavy atom. The van der Waals surface area contributed by atoms with Gasteiger partial charge in [-0.25, -0.2) is 4.79 Å². The highest BCUT2D eigenvalue weighted by molar-refractivity contribution is 6.32. The maximum atomic E-state index is 12.1. The second-order valence-electron chi connectivity index (χ2n) is 6.20. The molecule has 0 saturated carbocycles. The van der Waals surface area contributed by atoms with E-state index >= 15 is 0 Å². The third kappa shape index (κ3) is 5.33. The Morgan fingerprint density at radius 2 is 2.00 bits per heavy atom. The molecule has 0 bridgehead atoms. The Balaban J connectivity index is 2.70. The predicted molar refractivity (Wildman–Crippen MR) is 85.1 cm³/mol. The van der Waals surface area contributed by atoms with Crippen molar-refractivity contribution in [3.8, 4) is 0 Å². The van der Waals surface area contributed by atoms with Gasteiger partial charge in [-0.2, -0.15) is 5.10 Å². The molecule has 22 heavy (non-hydrogen) atoms. The molecule has 0 aliphatic rings. The van der Waals surface area contributed by atoms with Crippen LogP contribution in [0.4, 0.5) is 0 Å². The molecule has 1 N–H and O–H groups in total. The number of rotatable bonds is 6. The van der Waals surface area contributed by atoms with Gasteiger partial charge in [0, 0.05) is 12.1 Å². The summed E-state index contributed by atoms with van der Waals surface area (Å²) in [6, 6.07) is 0. The fourth-order valence-electron chi connectivity index (χ4n) is 1.90. The molecule has 0 atom stereocenters. The van der Waals surface area contributed by atoms with Gasteiger partial charge in [0.25, 0.3) is 5.91 Å². The lowest BCUT2D eigenvalue weighted by Gasteiger charge is -2.20. The normalized spacial score (nSPS) is 11.4. The average Bonchev–Trinajstić information content (AvgIpc) is 2.66. The largest absolute Gasteiger partial charge is 0.452 e. The highest BCUT2D eigenvalue weighted by atomic mass is 35.5. The van der Waals surface area contributed by atoms with E-state index in [1.54, 1.807) is 11.6 Å². The van der Waals surface area contributed by atoms with E-state index in [2.05, 4.69) is 17.3 Å². The van der Waals surface area contributed by atoms with Crippen molar-refractivity contribution < 1.29 is 14.3 Å². The van der Waals surface area contributed by atoms with E-state index in [1.807, 2.05) is 20.8 Å². The molecule has 0 fully saturated rings. The van der Waals surface area contributed by atoms with Crippen LogP contribution in [-0.4, -0.2) is 33.8 Å². The Morgan fingerprint density at radius 1 is 1.36 bits per heavy atom. The molecule has 0 spiro atoms. The van der Waals surface area contributed by atoms with Crippen LogP contribution in [-0.2, 0) is 16.1 Å². The number of esters is 1. The Hall–Kier alpha value is -1.56. The number of amides is 1. The summed E-state index contributed by atoms with van der Waals surface area (Å²) in [5.41, 5.74) is 0.353. The molecule has 124 valence electrons. The zero-order valence-electron chi connectivity index (χ0n) is 13.8. The van der Waals surface area contributed by atoms with Crippen molar-refractivity contribution >= 4 is 23.5 Å². The minimum atomic E-state index is -0.630. The van der Waals surface area contributed by atoms with E-state index in [9.17, 15) is 9.59 Å². The third-order valence-electron chi connectivity index (χ3n) is 2.84. The molecular formula is C15H24ClN3O3. The van der Waals surface area contributed by atoms with Gasteiger partial charge in [-0.15, -0.1) is 0 Å². The molecule has 0 radical (unpaired) electrons. The van der Waals surface area contributed by atoms with Crippen LogP contribution < -0.4 is 5.32 Å². The minimum Gasteiger partial charge on any atom is -0.452 e. The lowest BCUT2D eigenvalue weighted by Crippen LogP contribution is -2.42. The molecule has 1 aromatic heterocycles. The number of aromatic nitrogens is 2. The number of unbranched alkanes of at least 4 members (excludes halogenated alkanes) is 1. The number of hydrogen-bond acceptors (Lipinski definition) is 4. The Bertz CT molecular complexity index is 547. The highest BCUT2D eigenvalue weighted by Gasteiger charge is 2.23. The number of nitrogens with zero attached hydrogens (tertiary/aromatic N) is 2. The van der Waals surface area contributed by atoms with Crippen LogP contribution in [0, 0.1) is 6.92 Å². The van der Waals surface area contributed by atoms with Gasteiger partial charge in [-0.1, -0.05) is 24.9 Å². The van der Waals surface area contributed by atoms with Crippen molar-refractivity contribution in [1.82, 2.24) is 15.1 Å². The summed E-state index contributed by atoms with van der Waals surface area (Å²) >= 11 is 6.18. The summed E-state index contributed by atoms with van der Waals surface area (Å²) in [6.07, 6.45) is 1.92. The van der Waals surface area contributed by atoms with E-state index < -0.39 is 5.97 Å². The molecule has 6 nitrogen and oxygen atoms in total. The molecule has 0 aliphatic carbocycles. The zero-order valence-corrected chi connectivity index (χ0v) is 14.6.